The zero-order chi connectivity index (χ0) is 12.3. The van der Waals surface area contributed by atoms with E-state index in [-0.39, 0.29) is 0 Å². The van der Waals surface area contributed by atoms with Gasteiger partial charge in [-0.2, -0.15) is 0 Å². The highest BCUT2D eigenvalue weighted by molar-refractivity contribution is 9.10. The van der Waals surface area contributed by atoms with Crippen molar-refractivity contribution in [2.45, 2.75) is 4.90 Å². The summed E-state index contributed by atoms with van der Waals surface area (Å²) >= 11 is 5.12. The van der Waals surface area contributed by atoms with Crippen LogP contribution in [0.5, 0.6) is 0 Å². The highest BCUT2D eigenvalue weighted by Crippen LogP contribution is 2.27. The van der Waals surface area contributed by atoms with E-state index in [4.69, 9.17) is 5.73 Å². The Bertz CT molecular complexity index is 511. The van der Waals surface area contributed by atoms with Crippen LogP contribution < -0.4 is 11.1 Å². The van der Waals surface area contributed by atoms with Crippen LogP contribution in [-0.2, 0) is 0 Å². The number of halogens is 1. The predicted molar refractivity (Wildman–Crippen MR) is 80.1 cm³/mol. The molecule has 0 radical (unpaired) electrons. The first-order valence-corrected chi connectivity index (χ1v) is 7.17. The molecule has 0 saturated carbocycles. The van der Waals surface area contributed by atoms with Crippen molar-refractivity contribution in [1.82, 2.24) is 0 Å². The monoisotopic (exact) mass is 308 g/mol. The molecule has 88 valence electrons. The molecule has 17 heavy (non-hydrogen) atoms. The lowest BCUT2D eigenvalue weighted by Gasteiger charge is -2.10. The lowest BCUT2D eigenvalue weighted by molar-refractivity contribution is 1.44. The third kappa shape index (κ3) is 3.17. The summed E-state index contributed by atoms with van der Waals surface area (Å²) in [6, 6.07) is 14.1. The smallest absolute Gasteiger partial charge is 0.0618 e. The Balaban J connectivity index is 2.19. The summed E-state index contributed by atoms with van der Waals surface area (Å²) in [6.45, 7) is 0. The van der Waals surface area contributed by atoms with Crippen LogP contribution in [0.3, 0.4) is 0 Å². The maximum Gasteiger partial charge on any atom is 0.0618 e. The van der Waals surface area contributed by atoms with Gasteiger partial charge in [0.1, 0.15) is 0 Å². The van der Waals surface area contributed by atoms with Gasteiger partial charge in [-0.05, 0) is 48.7 Å². The summed E-state index contributed by atoms with van der Waals surface area (Å²) < 4.78 is 0.985. The second-order valence-corrected chi connectivity index (χ2v) is 5.38. The summed E-state index contributed by atoms with van der Waals surface area (Å²) in [5.41, 5.74) is 8.62. The first kappa shape index (κ1) is 12.3. The molecule has 0 atom stereocenters. The maximum atomic E-state index is 5.93. The maximum absolute atomic E-state index is 5.93. The van der Waals surface area contributed by atoms with E-state index in [2.05, 4.69) is 39.6 Å². The molecule has 0 saturated heterocycles. The topological polar surface area (TPSA) is 38.0 Å². The molecule has 0 bridgehead atoms. The molecule has 4 heteroatoms. The molecule has 0 heterocycles. The molecular weight excluding hydrogens is 296 g/mol. The van der Waals surface area contributed by atoms with Crippen LogP contribution in [0.15, 0.2) is 51.8 Å². The number of hydrogen-bond acceptors (Lipinski definition) is 3. The minimum Gasteiger partial charge on any atom is -0.397 e. The number of benzene rings is 2. The zero-order valence-corrected chi connectivity index (χ0v) is 11.8. The number of nitrogens with one attached hydrogen (secondary N) is 1. The number of anilines is 3. The highest BCUT2D eigenvalue weighted by atomic mass is 79.9. The Morgan fingerprint density at radius 2 is 1.82 bits per heavy atom. The minimum atomic E-state index is 0.730. The number of hydrogen-bond donors (Lipinski definition) is 2. The molecule has 0 aliphatic heterocycles. The van der Waals surface area contributed by atoms with Crippen molar-refractivity contribution < 1.29 is 0 Å². The molecule has 2 aromatic rings. The molecule has 2 nitrogen and oxygen atoms in total. The van der Waals surface area contributed by atoms with Gasteiger partial charge in [0.05, 0.1) is 11.4 Å². The number of nitrogens with two attached hydrogens (primary N) is 1. The van der Waals surface area contributed by atoms with E-state index < -0.39 is 0 Å². The van der Waals surface area contributed by atoms with Gasteiger partial charge < -0.3 is 11.1 Å². The molecule has 0 amide bonds. The zero-order valence-electron chi connectivity index (χ0n) is 9.41. The molecule has 0 unspecified atom stereocenters. The van der Waals surface area contributed by atoms with Crippen LogP contribution in [-0.4, -0.2) is 6.26 Å². The van der Waals surface area contributed by atoms with E-state index in [1.54, 1.807) is 11.8 Å². The van der Waals surface area contributed by atoms with E-state index in [1.807, 2.05) is 30.3 Å². The standard InChI is InChI=1S/C13H13BrN2S/c1-17-11-5-3-10(4-6-11)16-13-7-2-9(14)8-12(13)15/h2-8,16H,15H2,1H3. The second-order valence-electron chi connectivity index (χ2n) is 3.59. The van der Waals surface area contributed by atoms with Crippen molar-refractivity contribution in [3.8, 4) is 0 Å². The van der Waals surface area contributed by atoms with E-state index in [0.29, 0.717) is 0 Å². The second kappa shape index (κ2) is 5.47. The van der Waals surface area contributed by atoms with Crippen LogP contribution in [0.1, 0.15) is 0 Å². The third-order valence-electron chi connectivity index (χ3n) is 2.38. The molecular formula is C13H13BrN2S. The minimum absolute atomic E-state index is 0.730. The first-order chi connectivity index (χ1) is 8.19. The summed E-state index contributed by atoms with van der Waals surface area (Å²) in [5, 5.41) is 3.30. The van der Waals surface area contributed by atoms with Gasteiger partial charge in [-0.3, -0.25) is 0 Å². The third-order valence-corrected chi connectivity index (χ3v) is 3.62. The van der Waals surface area contributed by atoms with Crippen molar-refractivity contribution in [2.75, 3.05) is 17.3 Å². The number of nitrogen functional groups attached to an aromatic ring is 1. The fourth-order valence-corrected chi connectivity index (χ4v) is 2.26. The van der Waals surface area contributed by atoms with Gasteiger partial charge in [0.2, 0.25) is 0 Å². The van der Waals surface area contributed by atoms with Crippen LogP contribution >= 0.6 is 27.7 Å². The van der Waals surface area contributed by atoms with Crippen LogP contribution in [0, 0.1) is 0 Å². The van der Waals surface area contributed by atoms with Gasteiger partial charge in [0.15, 0.2) is 0 Å². The van der Waals surface area contributed by atoms with Crippen LogP contribution in [0.2, 0.25) is 0 Å². The summed E-state index contributed by atoms with van der Waals surface area (Å²) in [5.74, 6) is 0. The van der Waals surface area contributed by atoms with Crippen molar-refractivity contribution in [1.29, 1.82) is 0 Å². The predicted octanol–water partition coefficient (Wildman–Crippen LogP) is 4.50. The summed E-state index contributed by atoms with van der Waals surface area (Å²) in [6.07, 6.45) is 2.06. The van der Waals surface area contributed by atoms with Crippen molar-refractivity contribution >= 4 is 44.8 Å². The lowest BCUT2D eigenvalue weighted by atomic mass is 10.2. The normalized spacial score (nSPS) is 10.2. The van der Waals surface area contributed by atoms with Gasteiger partial charge in [0, 0.05) is 15.1 Å². The molecule has 2 rings (SSSR count). The lowest BCUT2D eigenvalue weighted by Crippen LogP contribution is -1.95. The molecule has 0 fully saturated rings. The van der Waals surface area contributed by atoms with E-state index in [9.17, 15) is 0 Å². The molecule has 0 aliphatic rings. The Hall–Kier alpha value is -1.13. The van der Waals surface area contributed by atoms with Gasteiger partial charge in [-0.15, -0.1) is 11.8 Å². The average molecular weight is 309 g/mol. The molecule has 2 aromatic carbocycles. The van der Waals surface area contributed by atoms with E-state index >= 15 is 0 Å². The Labute approximate surface area is 114 Å². The quantitative estimate of drug-likeness (QED) is 0.648. The summed E-state index contributed by atoms with van der Waals surface area (Å²) in [4.78, 5) is 1.25. The molecule has 3 N–H and O–H groups in total. The van der Waals surface area contributed by atoms with Gasteiger partial charge in [-0.1, -0.05) is 15.9 Å². The van der Waals surface area contributed by atoms with Gasteiger partial charge in [0.25, 0.3) is 0 Å². The van der Waals surface area contributed by atoms with Gasteiger partial charge >= 0.3 is 0 Å². The fourth-order valence-electron chi connectivity index (χ4n) is 1.48. The fraction of sp³-hybridized carbons (Fsp3) is 0.0769. The summed E-state index contributed by atoms with van der Waals surface area (Å²) in [7, 11) is 0. The van der Waals surface area contributed by atoms with Gasteiger partial charge in [-0.25, -0.2) is 0 Å². The van der Waals surface area contributed by atoms with E-state index in [0.717, 1.165) is 21.5 Å². The Morgan fingerprint density at radius 1 is 1.12 bits per heavy atom. The van der Waals surface area contributed by atoms with E-state index in [1.165, 1.54) is 4.90 Å². The number of rotatable bonds is 3. The van der Waals surface area contributed by atoms with Crippen molar-refractivity contribution in [3.05, 3.63) is 46.9 Å². The average Bonchev–Trinajstić information content (AvgIpc) is 2.34. The molecule has 0 aliphatic carbocycles. The molecule has 0 aromatic heterocycles. The Kier molecular flexibility index (Phi) is 3.97. The van der Waals surface area contributed by atoms with Crippen LogP contribution in [0.25, 0.3) is 0 Å². The van der Waals surface area contributed by atoms with Crippen molar-refractivity contribution in [2.24, 2.45) is 0 Å². The van der Waals surface area contributed by atoms with Crippen LogP contribution in [0.4, 0.5) is 17.1 Å². The van der Waals surface area contributed by atoms with Crippen molar-refractivity contribution in [3.63, 3.8) is 0 Å². The molecule has 0 spiro atoms. The Morgan fingerprint density at radius 3 is 2.41 bits per heavy atom. The first-order valence-electron chi connectivity index (χ1n) is 5.15. The number of thioether (sulfide) groups is 1. The SMILES string of the molecule is CSc1ccc(Nc2ccc(Br)cc2N)cc1. The highest BCUT2D eigenvalue weighted by Gasteiger charge is 2.00. The largest absolute Gasteiger partial charge is 0.397 e.